The van der Waals surface area contributed by atoms with Gasteiger partial charge in [-0.2, -0.15) is 5.26 Å². The van der Waals surface area contributed by atoms with E-state index in [0.717, 1.165) is 17.1 Å². The van der Waals surface area contributed by atoms with Crippen molar-refractivity contribution >= 4 is 5.82 Å². The minimum absolute atomic E-state index is 0.489. The highest BCUT2D eigenvalue weighted by Gasteiger charge is 2.05. The molecule has 0 aliphatic carbocycles. The van der Waals surface area contributed by atoms with Gasteiger partial charge in [-0.05, 0) is 26.0 Å². The average molecular weight is 228 g/mol. The lowest BCUT2D eigenvalue weighted by Crippen LogP contribution is -2.04. The Kier molecular flexibility index (Phi) is 3.06. The molecular weight excluding hydrogens is 216 g/mol. The quantitative estimate of drug-likeness (QED) is 0.871. The van der Waals surface area contributed by atoms with Crippen LogP contribution in [0.5, 0.6) is 0 Å². The number of rotatable bonds is 3. The fourth-order valence-electron chi connectivity index (χ4n) is 1.46. The molecule has 5 heteroatoms. The summed E-state index contributed by atoms with van der Waals surface area (Å²) in [5.74, 6) is 1.34. The van der Waals surface area contributed by atoms with Crippen molar-refractivity contribution in [3.63, 3.8) is 0 Å². The largest absolute Gasteiger partial charge is 0.363 e. The Balaban J connectivity index is 2.13. The van der Waals surface area contributed by atoms with Gasteiger partial charge in [0, 0.05) is 11.8 Å². The zero-order chi connectivity index (χ0) is 12.3. The molecule has 0 radical (unpaired) electrons. The van der Waals surface area contributed by atoms with Gasteiger partial charge in [-0.3, -0.25) is 0 Å². The number of hydrogen-bond acceptors (Lipinski definition) is 5. The number of aromatic nitrogens is 2. The molecule has 0 unspecified atom stereocenters. The molecule has 0 aliphatic heterocycles. The molecule has 2 aromatic rings. The fourth-order valence-corrected chi connectivity index (χ4v) is 1.46. The highest BCUT2D eigenvalue weighted by Crippen LogP contribution is 2.13. The second-order valence-electron chi connectivity index (χ2n) is 3.74. The first-order valence-electron chi connectivity index (χ1n) is 5.23. The van der Waals surface area contributed by atoms with Gasteiger partial charge in [0.15, 0.2) is 0 Å². The second-order valence-corrected chi connectivity index (χ2v) is 3.74. The van der Waals surface area contributed by atoms with Gasteiger partial charge >= 0.3 is 0 Å². The van der Waals surface area contributed by atoms with Crippen LogP contribution in [0.1, 0.15) is 22.7 Å². The number of hydrogen-bond donors (Lipinski definition) is 1. The molecule has 0 bridgehead atoms. The molecule has 0 aromatic carbocycles. The van der Waals surface area contributed by atoms with Crippen LogP contribution in [0.25, 0.3) is 0 Å². The predicted molar refractivity (Wildman–Crippen MR) is 62.3 cm³/mol. The third kappa shape index (κ3) is 2.61. The summed E-state index contributed by atoms with van der Waals surface area (Å²) < 4.78 is 4.96. The van der Waals surface area contributed by atoms with E-state index in [1.807, 2.05) is 26.0 Å². The van der Waals surface area contributed by atoms with Gasteiger partial charge in [-0.15, -0.1) is 0 Å². The van der Waals surface area contributed by atoms with E-state index in [4.69, 9.17) is 9.78 Å². The van der Waals surface area contributed by atoms with Gasteiger partial charge in [-0.25, -0.2) is 4.98 Å². The van der Waals surface area contributed by atoms with E-state index in [1.165, 1.54) is 0 Å². The van der Waals surface area contributed by atoms with Crippen LogP contribution in [0, 0.1) is 25.2 Å². The Morgan fingerprint density at radius 3 is 2.88 bits per heavy atom. The summed E-state index contributed by atoms with van der Waals surface area (Å²) >= 11 is 0. The van der Waals surface area contributed by atoms with E-state index in [2.05, 4.69) is 21.5 Å². The number of anilines is 1. The third-order valence-electron chi connectivity index (χ3n) is 2.27. The predicted octanol–water partition coefficient (Wildman–Crippen LogP) is 2.17. The zero-order valence-corrected chi connectivity index (χ0v) is 9.69. The molecule has 0 saturated heterocycles. The lowest BCUT2D eigenvalue weighted by molar-refractivity contribution is 0.391. The van der Waals surface area contributed by atoms with E-state index >= 15 is 0 Å². The van der Waals surface area contributed by atoms with Crippen molar-refractivity contribution in [3.05, 3.63) is 40.9 Å². The molecule has 2 rings (SSSR count). The minimum Gasteiger partial charge on any atom is -0.363 e. The Labute approximate surface area is 99.1 Å². The highest BCUT2D eigenvalue weighted by molar-refractivity contribution is 5.52. The molecule has 0 atom stereocenters. The Morgan fingerprint density at radius 1 is 1.41 bits per heavy atom. The summed E-state index contributed by atoms with van der Waals surface area (Å²) in [4.78, 5) is 4.27. The number of nitrogens with zero attached hydrogens (tertiary/aromatic N) is 3. The van der Waals surface area contributed by atoms with Crippen LogP contribution in [0.3, 0.4) is 0 Å². The smallest absolute Gasteiger partial charge is 0.144 e. The van der Waals surface area contributed by atoms with Crippen LogP contribution >= 0.6 is 0 Å². The summed E-state index contributed by atoms with van der Waals surface area (Å²) in [6.07, 6.45) is 0. The zero-order valence-electron chi connectivity index (χ0n) is 9.69. The first-order valence-corrected chi connectivity index (χ1v) is 5.23. The first-order chi connectivity index (χ1) is 8.19. The van der Waals surface area contributed by atoms with Crippen molar-refractivity contribution in [1.82, 2.24) is 10.1 Å². The Hall–Kier alpha value is -2.35. The second kappa shape index (κ2) is 4.66. The maximum atomic E-state index is 8.95. The summed E-state index contributed by atoms with van der Waals surface area (Å²) in [5.41, 5.74) is 2.17. The van der Waals surface area contributed by atoms with Gasteiger partial charge in [-0.1, -0.05) is 5.16 Å². The van der Waals surface area contributed by atoms with Gasteiger partial charge in [0.2, 0.25) is 0 Å². The first kappa shape index (κ1) is 11.1. The maximum Gasteiger partial charge on any atom is 0.144 e. The Bertz CT molecular complexity index is 568. The van der Waals surface area contributed by atoms with E-state index in [0.29, 0.717) is 17.9 Å². The molecule has 2 aromatic heterocycles. The standard InChI is InChI=1S/C12H12N4O/c1-8-3-4-10(6-13)12(15-8)14-7-11-5-9(2)17-16-11/h3-5H,7H2,1-2H3,(H,14,15). The fraction of sp³-hybridized carbons (Fsp3) is 0.250. The lowest BCUT2D eigenvalue weighted by Gasteiger charge is -2.05. The summed E-state index contributed by atoms with van der Waals surface area (Å²) in [7, 11) is 0. The molecule has 17 heavy (non-hydrogen) atoms. The SMILES string of the molecule is Cc1ccc(C#N)c(NCc2cc(C)on2)n1. The monoisotopic (exact) mass is 228 g/mol. The molecule has 0 saturated carbocycles. The third-order valence-corrected chi connectivity index (χ3v) is 2.27. The normalized spacial score (nSPS) is 9.94. The van der Waals surface area contributed by atoms with Gasteiger partial charge in [0.1, 0.15) is 23.3 Å². The van der Waals surface area contributed by atoms with E-state index in [1.54, 1.807) is 6.07 Å². The van der Waals surface area contributed by atoms with Gasteiger partial charge < -0.3 is 9.84 Å². The maximum absolute atomic E-state index is 8.95. The molecular formula is C12H12N4O. The van der Waals surface area contributed by atoms with Gasteiger partial charge in [0.25, 0.3) is 0 Å². The van der Waals surface area contributed by atoms with Crippen LogP contribution in [-0.2, 0) is 6.54 Å². The number of pyridine rings is 1. The van der Waals surface area contributed by atoms with Crippen molar-refractivity contribution in [2.45, 2.75) is 20.4 Å². The van der Waals surface area contributed by atoms with E-state index in [9.17, 15) is 0 Å². The molecule has 5 nitrogen and oxygen atoms in total. The summed E-state index contributed by atoms with van der Waals surface area (Å²) in [6, 6.07) is 7.50. The summed E-state index contributed by atoms with van der Waals surface area (Å²) in [6.45, 7) is 4.21. The average Bonchev–Trinajstić information content (AvgIpc) is 2.73. The lowest BCUT2D eigenvalue weighted by atomic mass is 10.2. The molecule has 2 heterocycles. The van der Waals surface area contributed by atoms with Crippen LogP contribution in [0.15, 0.2) is 22.7 Å². The molecule has 0 aliphatic rings. The minimum atomic E-state index is 0.489. The van der Waals surface area contributed by atoms with E-state index in [-0.39, 0.29) is 0 Å². The Morgan fingerprint density at radius 2 is 2.24 bits per heavy atom. The summed E-state index contributed by atoms with van der Waals surface area (Å²) in [5, 5.41) is 15.9. The molecule has 0 spiro atoms. The van der Waals surface area contributed by atoms with E-state index < -0.39 is 0 Å². The molecule has 0 fully saturated rings. The van der Waals surface area contributed by atoms with Crippen molar-refractivity contribution in [2.24, 2.45) is 0 Å². The van der Waals surface area contributed by atoms with Crippen molar-refractivity contribution in [2.75, 3.05) is 5.32 Å². The molecule has 0 amide bonds. The van der Waals surface area contributed by atoms with Crippen molar-refractivity contribution in [1.29, 1.82) is 5.26 Å². The molecule has 86 valence electrons. The topological polar surface area (TPSA) is 74.7 Å². The van der Waals surface area contributed by atoms with Crippen molar-refractivity contribution < 1.29 is 4.52 Å². The highest BCUT2D eigenvalue weighted by atomic mass is 16.5. The number of nitrogens with one attached hydrogen (secondary N) is 1. The molecule has 1 N–H and O–H groups in total. The van der Waals surface area contributed by atoms with Crippen LogP contribution < -0.4 is 5.32 Å². The number of nitriles is 1. The van der Waals surface area contributed by atoms with Crippen LogP contribution in [0.4, 0.5) is 5.82 Å². The van der Waals surface area contributed by atoms with Gasteiger partial charge in [0.05, 0.1) is 12.1 Å². The van der Waals surface area contributed by atoms with Crippen molar-refractivity contribution in [3.8, 4) is 6.07 Å². The van der Waals surface area contributed by atoms with Crippen LogP contribution in [0.2, 0.25) is 0 Å². The van der Waals surface area contributed by atoms with Crippen LogP contribution in [-0.4, -0.2) is 10.1 Å². The number of aryl methyl sites for hydroxylation is 2.